The molecule has 0 saturated heterocycles. The fourth-order valence-electron chi connectivity index (χ4n) is 0.734. The quantitative estimate of drug-likeness (QED) is 0.691. The van der Waals surface area contributed by atoms with Gasteiger partial charge in [0.2, 0.25) is 0 Å². The van der Waals surface area contributed by atoms with Crippen LogP contribution in [0.5, 0.6) is 11.6 Å². The van der Waals surface area contributed by atoms with Crippen molar-refractivity contribution < 1.29 is 19.1 Å². The highest BCUT2D eigenvalue weighted by atomic mass is 16.6. The van der Waals surface area contributed by atoms with Gasteiger partial charge in [0.1, 0.15) is 0 Å². The van der Waals surface area contributed by atoms with Crippen LogP contribution >= 0.6 is 0 Å². The van der Waals surface area contributed by atoms with E-state index in [0.29, 0.717) is 0 Å². The molecule has 0 aromatic carbocycles. The maximum atomic E-state index is 10.4. The first-order valence-corrected chi connectivity index (χ1v) is 3.49. The van der Waals surface area contributed by atoms with E-state index >= 15 is 0 Å². The van der Waals surface area contributed by atoms with Gasteiger partial charge < -0.3 is 20.9 Å². The Morgan fingerprint density at radius 1 is 1.21 bits per heavy atom. The molecule has 4 N–H and O–H groups in total. The molecule has 0 aliphatic carbocycles. The van der Waals surface area contributed by atoms with Gasteiger partial charge in [0, 0.05) is 6.20 Å². The summed E-state index contributed by atoms with van der Waals surface area (Å²) in [5.74, 6) is -0.280. The minimum Gasteiger partial charge on any atom is -0.405 e. The lowest BCUT2D eigenvalue weighted by Crippen LogP contribution is -2.20. The number of ether oxygens (including phenoxy) is 2. The second-order valence-electron chi connectivity index (χ2n) is 2.15. The van der Waals surface area contributed by atoms with Gasteiger partial charge in [-0.25, -0.2) is 14.6 Å². The van der Waals surface area contributed by atoms with Crippen molar-refractivity contribution in [1.82, 2.24) is 4.98 Å². The molecule has 0 aliphatic rings. The molecule has 1 aromatic rings. The summed E-state index contributed by atoms with van der Waals surface area (Å²) in [6.07, 6.45) is -0.753. The first-order chi connectivity index (χ1) is 6.59. The van der Waals surface area contributed by atoms with Crippen LogP contribution in [-0.4, -0.2) is 17.2 Å². The number of pyridine rings is 1. The first-order valence-electron chi connectivity index (χ1n) is 3.49. The largest absolute Gasteiger partial charge is 0.411 e. The number of carbonyl (C=O) groups is 2. The first kappa shape index (κ1) is 9.78. The van der Waals surface area contributed by atoms with E-state index in [1.807, 2.05) is 0 Å². The second-order valence-corrected chi connectivity index (χ2v) is 2.15. The lowest BCUT2D eigenvalue weighted by atomic mass is 10.4. The normalized spacial score (nSPS) is 9.14. The second kappa shape index (κ2) is 4.08. The number of primary amides is 2. The van der Waals surface area contributed by atoms with Crippen LogP contribution in [0.3, 0.4) is 0 Å². The predicted octanol–water partition coefficient (Wildman–Crippen LogP) is -0.00340. The van der Waals surface area contributed by atoms with Crippen LogP contribution in [0.2, 0.25) is 0 Å². The van der Waals surface area contributed by atoms with Crippen molar-refractivity contribution in [2.24, 2.45) is 11.5 Å². The Balaban J connectivity index is 2.90. The maximum Gasteiger partial charge on any atom is 0.411 e. The van der Waals surface area contributed by atoms with E-state index in [9.17, 15) is 9.59 Å². The van der Waals surface area contributed by atoms with Crippen LogP contribution in [0.4, 0.5) is 9.59 Å². The third-order valence-electron chi connectivity index (χ3n) is 1.14. The van der Waals surface area contributed by atoms with Crippen LogP contribution < -0.4 is 20.9 Å². The molecule has 0 fully saturated rings. The molecular weight excluding hydrogens is 190 g/mol. The van der Waals surface area contributed by atoms with E-state index in [0.717, 1.165) is 0 Å². The summed E-state index contributed by atoms with van der Waals surface area (Å²) in [4.78, 5) is 24.4. The van der Waals surface area contributed by atoms with Gasteiger partial charge in [-0.15, -0.1) is 0 Å². The summed E-state index contributed by atoms with van der Waals surface area (Å²) >= 11 is 0. The van der Waals surface area contributed by atoms with Crippen LogP contribution in [0.15, 0.2) is 18.3 Å². The van der Waals surface area contributed by atoms with Crippen LogP contribution in [0, 0.1) is 0 Å². The van der Waals surface area contributed by atoms with Crippen molar-refractivity contribution in [1.29, 1.82) is 0 Å². The van der Waals surface area contributed by atoms with Crippen LogP contribution in [-0.2, 0) is 0 Å². The van der Waals surface area contributed by atoms with E-state index in [1.165, 1.54) is 18.3 Å². The van der Waals surface area contributed by atoms with Crippen LogP contribution in [0.1, 0.15) is 0 Å². The Labute approximate surface area is 78.6 Å². The fraction of sp³-hybridized carbons (Fsp3) is 0. The molecular formula is C7H7N3O4. The van der Waals surface area contributed by atoms with Crippen molar-refractivity contribution in [3.05, 3.63) is 18.3 Å². The van der Waals surface area contributed by atoms with Gasteiger partial charge in [-0.05, 0) is 12.1 Å². The molecule has 1 rings (SSSR count). The van der Waals surface area contributed by atoms with Crippen LogP contribution in [0.25, 0.3) is 0 Å². The highest BCUT2D eigenvalue weighted by molar-refractivity contribution is 5.71. The molecule has 0 spiro atoms. The summed E-state index contributed by atoms with van der Waals surface area (Å²) in [7, 11) is 0. The Morgan fingerprint density at radius 2 is 1.86 bits per heavy atom. The van der Waals surface area contributed by atoms with Crippen molar-refractivity contribution in [3.63, 3.8) is 0 Å². The molecule has 74 valence electrons. The zero-order valence-electron chi connectivity index (χ0n) is 6.97. The average Bonchev–Trinajstić information content (AvgIpc) is 2.06. The minimum absolute atomic E-state index is 0.0706. The highest BCUT2D eigenvalue weighted by Gasteiger charge is 2.10. The molecule has 1 aromatic heterocycles. The topological polar surface area (TPSA) is 118 Å². The van der Waals surface area contributed by atoms with Gasteiger partial charge in [-0.3, -0.25) is 0 Å². The van der Waals surface area contributed by atoms with E-state index in [4.69, 9.17) is 11.5 Å². The lowest BCUT2D eigenvalue weighted by molar-refractivity contribution is 0.198. The van der Waals surface area contributed by atoms with E-state index in [1.54, 1.807) is 0 Å². The third-order valence-corrected chi connectivity index (χ3v) is 1.14. The molecule has 7 nitrogen and oxygen atoms in total. The Kier molecular flexibility index (Phi) is 2.85. The molecule has 2 amide bonds. The molecule has 0 bridgehead atoms. The SMILES string of the molecule is NC(=O)Oc1cccnc1OC(N)=O. The number of amides is 2. The van der Waals surface area contributed by atoms with Gasteiger partial charge in [-0.2, -0.15) is 0 Å². The molecule has 0 atom stereocenters. The molecule has 0 saturated carbocycles. The Bertz CT molecular complexity index is 331. The van der Waals surface area contributed by atoms with Gasteiger partial charge >= 0.3 is 12.2 Å². The number of hydrogen-bond donors (Lipinski definition) is 2. The Hall–Kier alpha value is -2.31. The summed E-state index contributed by atoms with van der Waals surface area (Å²) in [6.45, 7) is 0. The van der Waals surface area contributed by atoms with E-state index in [2.05, 4.69) is 14.5 Å². The highest BCUT2D eigenvalue weighted by Crippen LogP contribution is 2.22. The fourth-order valence-corrected chi connectivity index (χ4v) is 0.734. The van der Waals surface area contributed by atoms with E-state index < -0.39 is 12.2 Å². The summed E-state index contributed by atoms with van der Waals surface area (Å²) in [5.41, 5.74) is 9.51. The average molecular weight is 197 g/mol. The molecule has 0 unspecified atom stereocenters. The third kappa shape index (κ3) is 2.63. The molecule has 14 heavy (non-hydrogen) atoms. The molecule has 0 aliphatic heterocycles. The van der Waals surface area contributed by atoms with Crippen molar-refractivity contribution in [3.8, 4) is 11.6 Å². The summed E-state index contributed by atoms with van der Waals surface area (Å²) in [5, 5.41) is 0. The molecule has 1 heterocycles. The minimum atomic E-state index is -1.06. The number of aromatic nitrogens is 1. The van der Waals surface area contributed by atoms with Gasteiger partial charge in [0.05, 0.1) is 0 Å². The zero-order valence-corrected chi connectivity index (χ0v) is 6.97. The monoisotopic (exact) mass is 197 g/mol. The van der Waals surface area contributed by atoms with E-state index in [-0.39, 0.29) is 11.6 Å². The number of carbonyl (C=O) groups excluding carboxylic acids is 2. The Morgan fingerprint density at radius 3 is 2.43 bits per heavy atom. The zero-order chi connectivity index (χ0) is 10.6. The van der Waals surface area contributed by atoms with Gasteiger partial charge in [0.15, 0.2) is 5.75 Å². The predicted molar refractivity (Wildman–Crippen MR) is 44.7 cm³/mol. The lowest BCUT2D eigenvalue weighted by Gasteiger charge is -2.04. The summed E-state index contributed by atoms with van der Waals surface area (Å²) in [6, 6.07) is 2.84. The van der Waals surface area contributed by atoms with Gasteiger partial charge in [-0.1, -0.05) is 0 Å². The van der Waals surface area contributed by atoms with Crippen molar-refractivity contribution in [2.45, 2.75) is 0 Å². The summed E-state index contributed by atoms with van der Waals surface area (Å²) < 4.78 is 8.93. The molecule has 7 heteroatoms. The number of hydrogen-bond acceptors (Lipinski definition) is 5. The number of nitrogens with zero attached hydrogens (tertiary/aromatic N) is 1. The smallest absolute Gasteiger partial charge is 0.405 e. The number of nitrogens with two attached hydrogens (primary N) is 2. The van der Waals surface area contributed by atoms with Crippen molar-refractivity contribution >= 4 is 12.2 Å². The van der Waals surface area contributed by atoms with Crippen molar-refractivity contribution in [2.75, 3.05) is 0 Å². The standard InChI is InChI=1S/C7H7N3O4/c8-6(11)13-4-2-1-3-10-5(4)14-7(9)12/h1-3H,(H2,8,11)(H2,9,12). The molecule has 0 radical (unpaired) electrons. The number of rotatable bonds is 2. The van der Waals surface area contributed by atoms with Gasteiger partial charge in [0.25, 0.3) is 5.88 Å². The maximum absolute atomic E-state index is 10.4.